The van der Waals surface area contributed by atoms with Crippen molar-refractivity contribution in [1.29, 1.82) is 0 Å². The first kappa shape index (κ1) is 29.9. The number of carbonyl (C=O) groups is 2. The fourth-order valence-corrected chi connectivity index (χ4v) is 5.29. The first-order valence-electron chi connectivity index (χ1n) is 15.0. The third-order valence-corrected chi connectivity index (χ3v) is 7.82. The van der Waals surface area contributed by atoms with E-state index in [1.54, 1.807) is 12.5 Å². The number of piperidine rings is 1. The van der Waals surface area contributed by atoms with Gasteiger partial charge in [0.05, 0.1) is 18.0 Å². The number of nitrogens with zero attached hydrogens (tertiary/aromatic N) is 5. The number of rotatable bonds is 7. The Morgan fingerprint density at radius 2 is 1.82 bits per heavy atom. The van der Waals surface area contributed by atoms with E-state index in [4.69, 9.17) is 18.9 Å². The molecule has 12 nitrogen and oxygen atoms in total. The van der Waals surface area contributed by atoms with Crippen LogP contribution in [0, 0.1) is 5.41 Å². The van der Waals surface area contributed by atoms with E-state index in [-0.39, 0.29) is 12.0 Å². The van der Waals surface area contributed by atoms with Gasteiger partial charge < -0.3 is 29.4 Å². The van der Waals surface area contributed by atoms with Crippen LogP contribution < -0.4 is 15.5 Å². The molecule has 0 aliphatic carbocycles. The van der Waals surface area contributed by atoms with Gasteiger partial charge in [0.25, 0.3) is 0 Å². The number of hydrogen-bond acceptors (Lipinski definition) is 10. The molecule has 0 atom stereocenters. The van der Waals surface area contributed by atoms with Crippen LogP contribution in [0.2, 0.25) is 0 Å². The molecule has 2 aromatic carbocycles. The smallest absolute Gasteiger partial charge is 0.435 e. The van der Waals surface area contributed by atoms with E-state index in [0.29, 0.717) is 40.6 Å². The predicted molar refractivity (Wildman–Crippen MR) is 171 cm³/mol. The quantitative estimate of drug-likeness (QED) is 0.206. The average Bonchev–Trinajstić information content (AvgIpc) is 3.66. The minimum atomic E-state index is -0.647. The molecule has 234 valence electrons. The lowest BCUT2D eigenvalue weighted by molar-refractivity contribution is 0.0522. The lowest BCUT2D eigenvalue weighted by atomic mass is 9.80. The van der Waals surface area contributed by atoms with Gasteiger partial charge in [0.1, 0.15) is 17.7 Å². The van der Waals surface area contributed by atoms with E-state index < -0.39 is 17.8 Å². The second kappa shape index (κ2) is 12.1. The second-order valence-corrected chi connectivity index (χ2v) is 12.7. The van der Waals surface area contributed by atoms with Gasteiger partial charge in [-0.05, 0) is 62.8 Å². The Kier molecular flexibility index (Phi) is 8.05. The highest BCUT2D eigenvalue weighted by atomic mass is 16.6. The van der Waals surface area contributed by atoms with Gasteiger partial charge in [0, 0.05) is 36.8 Å². The van der Waals surface area contributed by atoms with Crippen molar-refractivity contribution in [3.8, 4) is 0 Å². The zero-order chi connectivity index (χ0) is 31.6. The van der Waals surface area contributed by atoms with Gasteiger partial charge in [-0.15, -0.1) is 0 Å². The zero-order valence-corrected chi connectivity index (χ0v) is 25.9. The number of carbonyl (C=O) groups excluding carboxylic acids is 2. The number of furan rings is 1. The first-order chi connectivity index (χ1) is 21.6. The summed E-state index contributed by atoms with van der Waals surface area (Å²) < 4.78 is 18.0. The monoisotopic (exact) mass is 611 g/mol. The van der Waals surface area contributed by atoms with Gasteiger partial charge in [0.15, 0.2) is 11.4 Å². The van der Waals surface area contributed by atoms with E-state index in [2.05, 4.69) is 32.5 Å². The molecule has 5 aromatic rings. The largest absolute Gasteiger partial charge is 0.459 e. The summed E-state index contributed by atoms with van der Waals surface area (Å²) in [5.74, 6) is 1.10. The maximum atomic E-state index is 12.7. The number of aromatic nitrogens is 4. The van der Waals surface area contributed by atoms with E-state index >= 15 is 0 Å². The first-order valence-corrected chi connectivity index (χ1v) is 15.0. The standard InChI is InChI=1S/C33H37N7O5/c1-32(2,3)45-31(42)40-26-18-24(11-10-23(26)19-35-40)36-29-37-25-12-17-43-27(25)28(38-29)39-15-13-33(4,14-16-39)21-34-30(41)44-20-22-8-6-5-7-9-22/h5-12,17-19H,13-16,20-21H2,1-4H3,(H,34,41)(H,36,37,38). The molecule has 0 unspecified atom stereocenters. The molecule has 1 amide bonds. The van der Waals surface area contributed by atoms with Crippen LogP contribution in [-0.2, 0) is 16.1 Å². The number of alkyl carbamates (subject to hydrolysis) is 1. The molecule has 12 heteroatoms. The molecule has 4 heterocycles. The van der Waals surface area contributed by atoms with Crippen LogP contribution in [0.25, 0.3) is 22.0 Å². The second-order valence-electron chi connectivity index (χ2n) is 12.7. The molecule has 6 rings (SSSR count). The molecule has 1 saturated heterocycles. The summed E-state index contributed by atoms with van der Waals surface area (Å²) in [6, 6.07) is 17.0. The van der Waals surface area contributed by atoms with E-state index in [1.807, 2.05) is 75.4 Å². The number of fused-ring (bicyclic) bond motifs is 2. The van der Waals surface area contributed by atoms with E-state index in [9.17, 15) is 9.59 Å². The summed E-state index contributed by atoms with van der Waals surface area (Å²) in [5, 5.41) is 11.3. The Hall–Kier alpha value is -5.13. The lowest BCUT2D eigenvalue weighted by Gasteiger charge is -2.39. The fourth-order valence-electron chi connectivity index (χ4n) is 5.29. The van der Waals surface area contributed by atoms with Crippen molar-refractivity contribution in [2.24, 2.45) is 5.41 Å². The fraction of sp³-hybridized carbons (Fsp3) is 0.364. The molecule has 1 aliphatic heterocycles. The van der Waals surface area contributed by atoms with Crippen molar-refractivity contribution < 1.29 is 23.5 Å². The third-order valence-electron chi connectivity index (χ3n) is 7.82. The number of nitrogens with one attached hydrogen (secondary N) is 2. The van der Waals surface area contributed by atoms with Crippen molar-refractivity contribution >= 4 is 51.6 Å². The maximum Gasteiger partial charge on any atom is 0.435 e. The Bertz CT molecular complexity index is 1820. The molecule has 2 N–H and O–H groups in total. The molecule has 3 aromatic heterocycles. The summed E-state index contributed by atoms with van der Waals surface area (Å²) in [7, 11) is 0. The Morgan fingerprint density at radius 3 is 2.58 bits per heavy atom. The summed E-state index contributed by atoms with van der Waals surface area (Å²) in [6.07, 6.45) is 3.95. The summed E-state index contributed by atoms with van der Waals surface area (Å²) >= 11 is 0. The van der Waals surface area contributed by atoms with Crippen LogP contribution in [0.3, 0.4) is 0 Å². The highest BCUT2D eigenvalue weighted by Gasteiger charge is 2.32. The van der Waals surface area contributed by atoms with Gasteiger partial charge in [-0.2, -0.15) is 14.8 Å². The summed E-state index contributed by atoms with van der Waals surface area (Å²) in [5.41, 5.74) is 2.80. The Balaban J connectivity index is 1.12. The van der Waals surface area contributed by atoms with Crippen LogP contribution in [0.4, 0.5) is 27.0 Å². The van der Waals surface area contributed by atoms with Gasteiger partial charge in [-0.3, -0.25) is 0 Å². The number of benzene rings is 2. The third kappa shape index (κ3) is 7.00. The van der Waals surface area contributed by atoms with Gasteiger partial charge in [0.2, 0.25) is 5.95 Å². The van der Waals surface area contributed by atoms with Crippen LogP contribution in [0.15, 0.2) is 71.5 Å². The van der Waals surface area contributed by atoms with Crippen LogP contribution in [0.1, 0.15) is 46.1 Å². The van der Waals surface area contributed by atoms with Crippen molar-refractivity contribution in [2.75, 3.05) is 29.9 Å². The maximum absolute atomic E-state index is 12.7. The van der Waals surface area contributed by atoms with E-state index in [1.165, 1.54) is 4.68 Å². The Labute approximate surface area is 260 Å². The van der Waals surface area contributed by atoms with Gasteiger partial charge in [-0.25, -0.2) is 14.6 Å². The highest BCUT2D eigenvalue weighted by molar-refractivity contribution is 5.90. The topological polar surface area (TPSA) is 137 Å². The molecule has 1 aliphatic rings. The minimum Gasteiger partial charge on any atom is -0.459 e. The molecule has 45 heavy (non-hydrogen) atoms. The van der Waals surface area contributed by atoms with E-state index in [0.717, 1.165) is 36.9 Å². The van der Waals surface area contributed by atoms with Crippen molar-refractivity contribution in [2.45, 2.75) is 52.7 Å². The predicted octanol–water partition coefficient (Wildman–Crippen LogP) is 6.63. The summed E-state index contributed by atoms with van der Waals surface area (Å²) in [6.45, 7) is 9.83. The van der Waals surface area contributed by atoms with Gasteiger partial charge in [-0.1, -0.05) is 37.3 Å². The van der Waals surface area contributed by atoms with Crippen molar-refractivity contribution in [1.82, 2.24) is 25.1 Å². The van der Waals surface area contributed by atoms with Gasteiger partial charge >= 0.3 is 12.2 Å². The highest BCUT2D eigenvalue weighted by Crippen LogP contribution is 2.35. The molecular formula is C33H37N7O5. The minimum absolute atomic E-state index is 0.0921. The number of amides is 1. The molecule has 1 fully saturated rings. The molecule has 0 spiro atoms. The van der Waals surface area contributed by atoms with Crippen LogP contribution >= 0.6 is 0 Å². The zero-order valence-electron chi connectivity index (χ0n) is 25.9. The molecule has 0 radical (unpaired) electrons. The van der Waals surface area contributed by atoms with Crippen LogP contribution in [-0.4, -0.2) is 57.2 Å². The van der Waals surface area contributed by atoms with Crippen LogP contribution in [0.5, 0.6) is 0 Å². The molecule has 0 bridgehead atoms. The van der Waals surface area contributed by atoms with Crippen molar-refractivity contribution in [3.05, 3.63) is 72.6 Å². The number of anilines is 3. The molecular weight excluding hydrogens is 574 g/mol. The SMILES string of the molecule is CC1(CNC(=O)OCc2ccccc2)CCN(c2nc(Nc3ccc4cnn(C(=O)OC(C)(C)C)c4c3)nc3ccoc23)CC1. The number of hydrogen-bond donors (Lipinski definition) is 2. The number of ether oxygens (including phenoxy) is 2. The average molecular weight is 612 g/mol. The normalized spacial score (nSPS) is 14.8. The summed E-state index contributed by atoms with van der Waals surface area (Å²) in [4.78, 5) is 36.8. The van der Waals surface area contributed by atoms with Crippen molar-refractivity contribution in [3.63, 3.8) is 0 Å². The molecule has 0 saturated carbocycles. The Morgan fingerprint density at radius 1 is 1.04 bits per heavy atom. The lowest BCUT2D eigenvalue weighted by Crippen LogP contribution is -2.45.